The Labute approximate surface area is 134 Å². The Balaban J connectivity index is 3.69. The number of quaternary nitrogens is 1. The minimum atomic E-state index is -0.940. The molecule has 0 rings (SSSR count). The number of hydrogen-bond acceptors (Lipinski definition) is 2. The van der Waals surface area contributed by atoms with E-state index in [-0.39, 0.29) is 6.10 Å². The monoisotopic (exact) mass is 318 g/mol. The molecule has 21 heavy (non-hydrogen) atoms. The maximum Gasteiger partial charge on any atom is 0.126 e. The lowest BCUT2D eigenvalue weighted by Crippen LogP contribution is -2.47. The van der Waals surface area contributed by atoms with Gasteiger partial charge >= 0.3 is 0 Å². The summed E-state index contributed by atoms with van der Waals surface area (Å²) in [5, 5.41) is 10.1. The van der Waals surface area contributed by atoms with E-state index in [0.29, 0.717) is 6.61 Å². The first kappa shape index (κ1) is 21.1. The topological polar surface area (TPSA) is 29.5 Å². The first-order chi connectivity index (χ1) is 9.66. The Bertz CT molecular complexity index is 252. The summed E-state index contributed by atoms with van der Waals surface area (Å²) < 4.78 is 6.53. The van der Waals surface area contributed by atoms with E-state index in [2.05, 4.69) is 40.7 Å². The Morgan fingerprint density at radius 3 is 2.29 bits per heavy atom. The van der Waals surface area contributed by atoms with E-state index in [1.165, 1.54) is 31.7 Å². The van der Waals surface area contributed by atoms with Gasteiger partial charge in [-0.2, -0.15) is 0 Å². The molecule has 0 aliphatic heterocycles. The van der Waals surface area contributed by atoms with Gasteiger partial charge in [-0.1, -0.05) is 45.5 Å². The van der Waals surface area contributed by atoms with Gasteiger partial charge in [0.2, 0.25) is 0 Å². The molecule has 0 amide bonds. The van der Waals surface area contributed by atoms with Crippen LogP contribution < -0.4 is 0 Å². The first-order valence-electron chi connectivity index (χ1n) is 8.74. The Morgan fingerprint density at radius 1 is 1.05 bits per heavy atom. The molecule has 0 aliphatic rings. The second kappa shape index (κ2) is 10.8. The molecule has 1 unspecified atom stereocenters. The van der Waals surface area contributed by atoms with Gasteiger partial charge in [0.25, 0.3) is 0 Å². The van der Waals surface area contributed by atoms with Crippen LogP contribution in [0.25, 0.3) is 0 Å². The maximum atomic E-state index is 10.1. The highest BCUT2D eigenvalue weighted by Gasteiger charge is 2.20. The van der Waals surface area contributed by atoms with Gasteiger partial charge in [-0.25, -0.2) is 0 Å². The fraction of sp³-hybridized carbons (Fsp3) is 1.00. The molecule has 128 valence electrons. The van der Waals surface area contributed by atoms with Crippen molar-refractivity contribution in [1.29, 1.82) is 0 Å². The molecule has 0 saturated carbocycles. The van der Waals surface area contributed by atoms with E-state index in [9.17, 15) is 5.11 Å². The second-order valence-electron chi connectivity index (χ2n) is 8.30. The zero-order chi connectivity index (χ0) is 16.4. The van der Waals surface area contributed by atoms with Crippen molar-refractivity contribution >= 4 is 8.07 Å². The van der Waals surface area contributed by atoms with Crippen LogP contribution in [-0.2, 0) is 4.74 Å². The van der Waals surface area contributed by atoms with Crippen molar-refractivity contribution in [3.8, 4) is 0 Å². The molecule has 0 aliphatic carbocycles. The average molecular weight is 319 g/mol. The molecule has 0 bridgehead atoms. The van der Waals surface area contributed by atoms with Crippen LogP contribution in [0.1, 0.15) is 39.0 Å². The van der Waals surface area contributed by atoms with Crippen molar-refractivity contribution in [2.45, 2.75) is 70.8 Å². The van der Waals surface area contributed by atoms with E-state index in [0.717, 1.165) is 30.6 Å². The van der Waals surface area contributed by atoms with Crippen molar-refractivity contribution in [3.63, 3.8) is 0 Å². The van der Waals surface area contributed by atoms with Gasteiger partial charge < -0.3 is 14.3 Å². The third-order valence-corrected chi connectivity index (χ3v) is 5.70. The van der Waals surface area contributed by atoms with E-state index in [1.54, 1.807) is 0 Å². The standard InChI is InChI=1S/C17H40NO2Si/c1-7-8-9-10-12-18(2,3)15-17(19)16-20-13-11-14-21(4,5)6/h17,19H,7-16H2,1-6H3/q+1. The molecule has 0 aromatic rings. The summed E-state index contributed by atoms with van der Waals surface area (Å²) in [6.07, 6.45) is 5.96. The number of rotatable bonds is 13. The number of aliphatic hydroxyl groups excluding tert-OH is 1. The van der Waals surface area contributed by atoms with Crippen LogP contribution in [0.5, 0.6) is 0 Å². The van der Waals surface area contributed by atoms with E-state index < -0.39 is 8.07 Å². The highest BCUT2D eigenvalue weighted by Crippen LogP contribution is 2.11. The number of hydrogen-bond donors (Lipinski definition) is 1. The van der Waals surface area contributed by atoms with Crippen molar-refractivity contribution in [3.05, 3.63) is 0 Å². The number of aliphatic hydroxyl groups is 1. The van der Waals surface area contributed by atoms with Crippen molar-refractivity contribution in [1.82, 2.24) is 0 Å². The predicted octanol–water partition coefficient (Wildman–Crippen LogP) is 3.75. The molecule has 0 aromatic carbocycles. The summed E-state index contributed by atoms with van der Waals surface area (Å²) in [6, 6.07) is 1.31. The van der Waals surface area contributed by atoms with Crippen molar-refractivity contribution in [2.24, 2.45) is 0 Å². The third-order valence-electron chi connectivity index (χ3n) is 3.85. The molecule has 1 N–H and O–H groups in total. The minimum Gasteiger partial charge on any atom is -0.385 e. The summed E-state index contributed by atoms with van der Waals surface area (Å²) in [7, 11) is 3.48. The molecular formula is C17H40NO2Si+. The molecule has 3 nitrogen and oxygen atoms in total. The van der Waals surface area contributed by atoms with Gasteiger partial charge in [-0.15, -0.1) is 0 Å². The lowest BCUT2D eigenvalue weighted by molar-refractivity contribution is -0.893. The van der Waals surface area contributed by atoms with Crippen LogP contribution in [0.15, 0.2) is 0 Å². The summed E-state index contributed by atoms with van der Waals surface area (Å²) >= 11 is 0. The summed E-state index contributed by atoms with van der Waals surface area (Å²) in [4.78, 5) is 0. The molecule has 0 spiro atoms. The summed E-state index contributed by atoms with van der Waals surface area (Å²) in [6.45, 7) is 12.6. The lowest BCUT2D eigenvalue weighted by Gasteiger charge is -2.32. The molecule has 0 heterocycles. The van der Waals surface area contributed by atoms with Gasteiger partial charge in [-0.3, -0.25) is 0 Å². The second-order valence-corrected chi connectivity index (χ2v) is 13.9. The number of nitrogens with zero attached hydrogens (tertiary/aromatic N) is 1. The highest BCUT2D eigenvalue weighted by atomic mass is 28.3. The van der Waals surface area contributed by atoms with Crippen LogP contribution in [0.2, 0.25) is 25.7 Å². The van der Waals surface area contributed by atoms with Gasteiger partial charge in [0.05, 0.1) is 27.2 Å². The van der Waals surface area contributed by atoms with Gasteiger partial charge in [0.15, 0.2) is 0 Å². The molecule has 0 radical (unpaired) electrons. The lowest BCUT2D eigenvalue weighted by atomic mass is 10.2. The normalized spacial score (nSPS) is 14.4. The van der Waals surface area contributed by atoms with Crippen molar-refractivity contribution in [2.75, 3.05) is 40.4 Å². The van der Waals surface area contributed by atoms with Gasteiger partial charge in [0.1, 0.15) is 12.6 Å². The smallest absolute Gasteiger partial charge is 0.126 e. The van der Waals surface area contributed by atoms with E-state index in [4.69, 9.17) is 4.74 Å². The maximum absolute atomic E-state index is 10.1. The number of likely N-dealkylation sites (N-methyl/N-ethyl adjacent to an activating group) is 1. The highest BCUT2D eigenvalue weighted by molar-refractivity contribution is 6.76. The van der Waals surface area contributed by atoms with Crippen LogP contribution >= 0.6 is 0 Å². The van der Waals surface area contributed by atoms with E-state index >= 15 is 0 Å². The molecule has 0 saturated heterocycles. The Hall–Kier alpha value is 0.0969. The summed E-state index contributed by atoms with van der Waals surface area (Å²) in [5.74, 6) is 0. The predicted molar refractivity (Wildman–Crippen MR) is 95.6 cm³/mol. The first-order valence-corrected chi connectivity index (χ1v) is 12.4. The largest absolute Gasteiger partial charge is 0.385 e. The van der Waals surface area contributed by atoms with Crippen LogP contribution in [0.3, 0.4) is 0 Å². The fourth-order valence-electron chi connectivity index (χ4n) is 2.61. The Kier molecular flexibility index (Phi) is 10.8. The number of ether oxygens (including phenoxy) is 1. The minimum absolute atomic E-state index is 0.335. The molecular weight excluding hydrogens is 278 g/mol. The number of unbranched alkanes of at least 4 members (excludes halogenated alkanes) is 3. The fourth-order valence-corrected chi connectivity index (χ4v) is 3.81. The van der Waals surface area contributed by atoms with Gasteiger partial charge in [-0.05, 0) is 19.3 Å². The van der Waals surface area contributed by atoms with Crippen molar-refractivity contribution < 1.29 is 14.3 Å². The van der Waals surface area contributed by atoms with E-state index in [1.807, 2.05) is 0 Å². The van der Waals surface area contributed by atoms with Gasteiger partial charge in [0, 0.05) is 14.7 Å². The summed E-state index contributed by atoms with van der Waals surface area (Å²) in [5.41, 5.74) is 0. The van der Waals surface area contributed by atoms with Crippen LogP contribution in [0, 0.1) is 0 Å². The third kappa shape index (κ3) is 14.8. The van der Waals surface area contributed by atoms with Crippen LogP contribution in [-0.4, -0.2) is 64.2 Å². The Morgan fingerprint density at radius 2 is 1.71 bits per heavy atom. The SMILES string of the molecule is CCCCCC[N+](C)(C)CC(O)COCCC[Si](C)(C)C. The molecule has 4 heteroatoms. The molecule has 0 fully saturated rings. The zero-order valence-electron chi connectivity index (χ0n) is 15.5. The molecule has 1 atom stereocenters. The average Bonchev–Trinajstić information content (AvgIpc) is 2.32. The molecule has 0 aromatic heterocycles. The quantitative estimate of drug-likeness (QED) is 0.318. The van der Waals surface area contributed by atoms with Crippen LogP contribution in [0.4, 0.5) is 0 Å². The zero-order valence-corrected chi connectivity index (χ0v) is 16.5.